The molecule has 5 atom stereocenters. The van der Waals surface area contributed by atoms with Gasteiger partial charge in [0.25, 0.3) is 11.8 Å². The largest absolute Gasteiger partial charge is 0.497 e. The van der Waals surface area contributed by atoms with Crippen molar-refractivity contribution in [2.75, 3.05) is 13.7 Å². The maximum atomic E-state index is 14.6. The standard InChI is InChI=1S/C43H50N8O8/c1-6-10-31(38(52)42(56)47-27-13-14-27)49-41(55)35-20-29(59-36-21-32(26-11-8-7-9-12-26)48-33-19-28(58-5)15-16-30(33)36)23-51(35)43(57)37(24(2)3)50-39(53)25(4)46-40(54)34-22-44-17-18-45-34/h7-9,11-12,15-19,21-22,24-25,27,29,31,35,37H,6,10,13-14,20,23H2,1-5H3,(H,46,54)(H,47,56)(H,49,55)(H,50,53)/t25-,29+,31-,35-,37-/m0/s1. The number of ether oxygens (including phenoxy) is 2. The Morgan fingerprint density at radius 2 is 1.69 bits per heavy atom. The van der Waals surface area contributed by atoms with Crippen LogP contribution in [0.4, 0.5) is 0 Å². The molecular formula is C43H50N8O8. The lowest BCUT2D eigenvalue weighted by Crippen LogP contribution is -2.59. The monoisotopic (exact) mass is 806 g/mol. The number of carbonyl (C=O) groups excluding carboxylic acids is 6. The molecule has 1 saturated heterocycles. The normalized spacial score (nSPS) is 17.7. The van der Waals surface area contributed by atoms with Crippen molar-refractivity contribution in [3.8, 4) is 22.8 Å². The quantitative estimate of drug-likeness (QED) is 0.114. The van der Waals surface area contributed by atoms with Crippen LogP contribution >= 0.6 is 0 Å². The van der Waals surface area contributed by atoms with Crippen molar-refractivity contribution in [1.82, 2.24) is 41.1 Å². The molecule has 2 aliphatic rings. The Hall–Kier alpha value is -6.45. The zero-order chi connectivity index (χ0) is 42.2. The van der Waals surface area contributed by atoms with Crippen LogP contribution < -0.4 is 30.7 Å². The van der Waals surface area contributed by atoms with Crippen LogP contribution in [-0.2, 0) is 24.0 Å². The van der Waals surface area contributed by atoms with Gasteiger partial charge in [0.15, 0.2) is 0 Å². The Labute approximate surface area is 342 Å². The van der Waals surface area contributed by atoms with E-state index in [0.717, 1.165) is 18.4 Å². The number of hydrogen-bond donors (Lipinski definition) is 4. The minimum absolute atomic E-state index is 0.0162. The third kappa shape index (κ3) is 10.4. The average molecular weight is 807 g/mol. The SMILES string of the molecule is CCC[C@H](NC(=O)[C@@H]1C[C@@H](Oc2cc(-c3ccccc3)nc3cc(OC)ccc23)CN1C(=O)[C@@H](NC(=O)[C@H](C)NC(=O)c1cnccn1)C(C)C)C(=O)C(=O)NC1CC1. The summed E-state index contributed by atoms with van der Waals surface area (Å²) in [6.45, 7) is 6.77. The number of ketones is 1. The highest BCUT2D eigenvalue weighted by molar-refractivity contribution is 6.38. The molecule has 5 amide bonds. The molecule has 4 N–H and O–H groups in total. The van der Waals surface area contributed by atoms with Crippen molar-refractivity contribution in [3.63, 3.8) is 0 Å². The number of likely N-dealkylation sites (tertiary alicyclic amines) is 1. The molecular weight excluding hydrogens is 757 g/mol. The molecule has 59 heavy (non-hydrogen) atoms. The number of rotatable bonds is 17. The number of hydrogen-bond acceptors (Lipinski definition) is 11. The molecule has 0 bridgehead atoms. The van der Waals surface area contributed by atoms with Crippen molar-refractivity contribution in [2.45, 2.75) is 96.1 Å². The number of nitrogens with zero attached hydrogens (tertiary/aromatic N) is 4. The lowest BCUT2D eigenvalue weighted by Gasteiger charge is -2.31. The summed E-state index contributed by atoms with van der Waals surface area (Å²) in [6, 6.07) is 12.3. The van der Waals surface area contributed by atoms with Gasteiger partial charge in [-0.05, 0) is 44.2 Å². The van der Waals surface area contributed by atoms with Gasteiger partial charge in [-0.25, -0.2) is 9.97 Å². The molecule has 2 fully saturated rings. The predicted molar refractivity (Wildman–Crippen MR) is 217 cm³/mol. The van der Waals surface area contributed by atoms with E-state index in [-0.39, 0.29) is 31.1 Å². The highest BCUT2D eigenvalue weighted by atomic mass is 16.5. The first kappa shape index (κ1) is 42.2. The molecule has 2 aromatic carbocycles. The molecule has 0 radical (unpaired) electrons. The molecule has 0 unspecified atom stereocenters. The van der Waals surface area contributed by atoms with Gasteiger partial charge in [-0.15, -0.1) is 0 Å². The second-order valence-electron chi connectivity index (χ2n) is 15.2. The first-order valence-electron chi connectivity index (χ1n) is 19.9. The summed E-state index contributed by atoms with van der Waals surface area (Å²) in [5.74, 6) is -3.36. The van der Waals surface area contributed by atoms with Crippen LogP contribution in [0, 0.1) is 5.92 Å². The number of nitrogens with one attached hydrogen (secondary N) is 4. The summed E-state index contributed by atoms with van der Waals surface area (Å²) in [7, 11) is 1.57. The van der Waals surface area contributed by atoms with Crippen LogP contribution in [-0.4, -0.2) is 105 Å². The molecule has 310 valence electrons. The Balaban J connectivity index is 1.28. The molecule has 1 aliphatic heterocycles. The Bertz CT molecular complexity index is 2180. The van der Waals surface area contributed by atoms with Crippen molar-refractivity contribution in [3.05, 3.63) is 78.9 Å². The van der Waals surface area contributed by atoms with Crippen molar-refractivity contribution in [2.24, 2.45) is 5.92 Å². The molecule has 2 aromatic heterocycles. The van der Waals surface area contributed by atoms with Crippen molar-refractivity contribution < 1.29 is 38.2 Å². The maximum absolute atomic E-state index is 14.6. The second-order valence-corrected chi connectivity index (χ2v) is 15.2. The van der Waals surface area contributed by atoms with Gasteiger partial charge in [-0.2, -0.15) is 0 Å². The summed E-state index contributed by atoms with van der Waals surface area (Å²) in [6.07, 6.45) is 5.64. The zero-order valence-electron chi connectivity index (χ0n) is 33.8. The lowest BCUT2D eigenvalue weighted by molar-refractivity contribution is -0.144. The number of pyridine rings is 1. The van der Waals surface area contributed by atoms with Gasteiger partial charge in [0.1, 0.15) is 41.4 Å². The van der Waals surface area contributed by atoms with Gasteiger partial charge in [-0.1, -0.05) is 57.5 Å². The summed E-state index contributed by atoms with van der Waals surface area (Å²) >= 11 is 0. The summed E-state index contributed by atoms with van der Waals surface area (Å²) < 4.78 is 12.2. The van der Waals surface area contributed by atoms with Gasteiger partial charge in [-0.3, -0.25) is 33.8 Å². The molecule has 1 aliphatic carbocycles. The summed E-state index contributed by atoms with van der Waals surface area (Å²) in [5, 5.41) is 11.5. The van der Waals surface area contributed by atoms with Crippen molar-refractivity contribution in [1.29, 1.82) is 0 Å². The maximum Gasteiger partial charge on any atom is 0.289 e. The Morgan fingerprint density at radius 1 is 0.932 bits per heavy atom. The number of amides is 5. The molecule has 0 spiro atoms. The van der Waals surface area contributed by atoms with Gasteiger partial charge in [0.05, 0.1) is 37.1 Å². The van der Waals surface area contributed by atoms with Gasteiger partial charge in [0, 0.05) is 47.9 Å². The van der Waals surface area contributed by atoms with Crippen LogP contribution in [0.2, 0.25) is 0 Å². The molecule has 4 aromatic rings. The van der Waals surface area contributed by atoms with E-state index in [4.69, 9.17) is 14.5 Å². The van der Waals surface area contributed by atoms with E-state index in [0.29, 0.717) is 34.5 Å². The predicted octanol–water partition coefficient (Wildman–Crippen LogP) is 3.14. The Morgan fingerprint density at radius 3 is 2.36 bits per heavy atom. The molecule has 3 heterocycles. The van der Waals surface area contributed by atoms with Crippen LogP contribution in [0.15, 0.2) is 73.2 Å². The molecule has 16 heteroatoms. The number of methoxy groups -OCH3 is 1. The van der Waals surface area contributed by atoms with Crippen LogP contribution in [0.25, 0.3) is 22.2 Å². The van der Waals surface area contributed by atoms with Gasteiger partial charge >= 0.3 is 0 Å². The summed E-state index contributed by atoms with van der Waals surface area (Å²) in [5.41, 5.74) is 2.10. The van der Waals surface area contributed by atoms with Crippen molar-refractivity contribution >= 4 is 46.2 Å². The molecule has 16 nitrogen and oxygen atoms in total. The lowest BCUT2D eigenvalue weighted by atomic mass is 10.0. The third-order valence-electron chi connectivity index (χ3n) is 10.3. The van der Waals surface area contributed by atoms with Crippen LogP contribution in [0.3, 0.4) is 0 Å². The minimum Gasteiger partial charge on any atom is -0.497 e. The van der Waals surface area contributed by atoms with Crippen LogP contribution in [0.5, 0.6) is 11.5 Å². The van der Waals surface area contributed by atoms with Crippen LogP contribution in [0.1, 0.15) is 70.3 Å². The number of benzene rings is 2. The van der Waals surface area contributed by atoms with Gasteiger partial charge < -0.3 is 35.6 Å². The fraction of sp³-hybridized carbons (Fsp3) is 0.419. The average Bonchev–Trinajstić information content (AvgIpc) is 3.96. The fourth-order valence-electron chi connectivity index (χ4n) is 6.90. The van der Waals surface area contributed by atoms with E-state index >= 15 is 0 Å². The fourth-order valence-corrected chi connectivity index (χ4v) is 6.90. The van der Waals surface area contributed by atoms with E-state index in [1.165, 1.54) is 30.4 Å². The number of aromatic nitrogens is 3. The van der Waals surface area contributed by atoms with Gasteiger partial charge in [0.2, 0.25) is 23.5 Å². The van der Waals surface area contributed by atoms with E-state index in [1.807, 2.05) is 49.4 Å². The van der Waals surface area contributed by atoms with E-state index in [2.05, 4.69) is 31.2 Å². The number of fused-ring (bicyclic) bond motifs is 1. The number of Topliss-reactive ketones (excluding diaryl/α,β-unsaturated/α-hetero) is 1. The third-order valence-corrected chi connectivity index (χ3v) is 10.3. The first-order chi connectivity index (χ1) is 28.4. The van der Waals surface area contributed by atoms with E-state index < -0.39 is 71.5 Å². The number of carbonyl (C=O) groups is 6. The smallest absolute Gasteiger partial charge is 0.289 e. The Kier molecular flexibility index (Phi) is 13.5. The first-order valence-corrected chi connectivity index (χ1v) is 19.9. The van der Waals surface area contributed by atoms with E-state index in [1.54, 1.807) is 33.1 Å². The molecule has 1 saturated carbocycles. The minimum atomic E-state index is -1.14. The topological polar surface area (TPSA) is 211 Å². The zero-order valence-corrected chi connectivity index (χ0v) is 33.8. The highest BCUT2D eigenvalue weighted by Crippen LogP contribution is 2.35. The summed E-state index contributed by atoms with van der Waals surface area (Å²) in [4.78, 5) is 95.3. The molecule has 6 rings (SSSR count). The second kappa shape index (κ2) is 18.9. The highest BCUT2D eigenvalue weighted by Gasteiger charge is 2.45. The van der Waals surface area contributed by atoms with E-state index in [9.17, 15) is 28.8 Å².